The molecule has 5 nitrogen and oxygen atoms in total. The number of hydrogen-bond acceptors (Lipinski definition) is 4. The number of nitrogens with two attached hydrogens (primary N) is 1. The molecule has 0 fully saturated rings. The second-order valence-electron chi connectivity index (χ2n) is 4.12. The Hall–Kier alpha value is -2.27. The number of aromatic nitrogens is 1. The summed E-state index contributed by atoms with van der Waals surface area (Å²) >= 11 is 5.82. The normalized spacial score (nSPS) is 11.7. The number of carbonyl (C=O) groups is 1. The number of anilines is 1. The summed E-state index contributed by atoms with van der Waals surface area (Å²) in [6, 6.07) is 9.75. The molecule has 0 aliphatic rings. The highest BCUT2D eigenvalue weighted by atomic mass is 35.5. The van der Waals surface area contributed by atoms with Crippen LogP contribution in [0, 0.1) is 0 Å². The van der Waals surface area contributed by atoms with E-state index in [9.17, 15) is 4.79 Å². The first-order valence-corrected chi connectivity index (χ1v) is 6.29. The van der Waals surface area contributed by atoms with E-state index in [0.29, 0.717) is 16.5 Å². The van der Waals surface area contributed by atoms with Crippen molar-refractivity contribution in [3.63, 3.8) is 0 Å². The maximum absolute atomic E-state index is 11.6. The summed E-state index contributed by atoms with van der Waals surface area (Å²) in [6.45, 7) is 0. The van der Waals surface area contributed by atoms with Crippen LogP contribution < -0.4 is 15.8 Å². The van der Waals surface area contributed by atoms with Crippen LogP contribution >= 0.6 is 11.6 Å². The van der Waals surface area contributed by atoms with E-state index in [1.165, 1.54) is 7.11 Å². The van der Waals surface area contributed by atoms with Crippen LogP contribution in [0.2, 0.25) is 5.02 Å². The summed E-state index contributed by atoms with van der Waals surface area (Å²) in [6.07, 6.45) is 1.55. The summed E-state index contributed by atoms with van der Waals surface area (Å²) in [4.78, 5) is 15.7. The molecule has 2 rings (SSSR count). The van der Waals surface area contributed by atoms with Crippen molar-refractivity contribution in [2.45, 2.75) is 6.04 Å². The van der Waals surface area contributed by atoms with Gasteiger partial charge in [0.15, 0.2) is 0 Å². The van der Waals surface area contributed by atoms with E-state index >= 15 is 0 Å². The highest BCUT2D eigenvalue weighted by molar-refractivity contribution is 6.30. The minimum Gasteiger partial charge on any atom is -0.481 e. The van der Waals surface area contributed by atoms with Crippen molar-refractivity contribution >= 4 is 23.2 Å². The third-order valence-corrected chi connectivity index (χ3v) is 2.99. The number of amides is 1. The Kier molecular flexibility index (Phi) is 4.42. The third-order valence-electron chi connectivity index (χ3n) is 2.74. The lowest BCUT2D eigenvalue weighted by molar-refractivity contribution is -0.118. The highest BCUT2D eigenvalue weighted by Gasteiger charge is 2.18. The number of pyridine rings is 1. The smallest absolute Gasteiger partial charge is 0.244 e. The van der Waals surface area contributed by atoms with E-state index in [2.05, 4.69) is 10.3 Å². The van der Waals surface area contributed by atoms with Crippen molar-refractivity contribution < 1.29 is 9.53 Å². The van der Waals surface area contributed by atoms with Crippen LogP contribution in [-0.2, 0) is 4.79 Å². The number of benzene rings is 1. The minimum absolute atomic E-state index is 0.475. The molecule has 6 heteroatoms. The van der Waals surface area contributed by atoms with Gasteiger partial charge in [-0.05, 0) is 30.3 Å². The lowest BCUT2D eigenvalue weighted by atomic mass is 10.1. The fourth-order valence-corrected chi connectivity index (χ4v) is 1.84. The molecule has 1 heterocycles. The Balaban J connectivity index is 2.22. The number of halogens is 1. The van der Waals surface area contributed by atoms with E-state index in [-0.39, 0.29) is 0 Å². The molecule has 0 saturated carbocycles. The van der Waals surface area contributed by atoms with Crippen LogP contribution in [0.1, 0.15) is 11.6 Å². The Morgan fingerprint density at radius 2 is 2.00 bits per heavy atom. The maximum atomic E-state index is 11.6. The number of methoxy groups -OCH3 is 1. The zero-order valence-corrected chi connectivity index (χ0v) is 11.6. The first-order chi connectivity index (χ1) is 9.60. The van der Waals surface area contributed by atoms with E-state index in [1.54, 1.807) is 42.6 Å². The van der Waals surface area contributed by atoms with E-state index in [1.807, 2.05) is 0 Å². The summed E-state index contributed by atoms with van der Waals surface area (Å²) < 4.78 is 4.98. The van der Waals surface area contributed by atoms with Crippen molar-refractivity contribution in [3.05, 3.63) is 53.2 Å². The van der Waals surface area contributed by atoms with E-state index in [4.69, 9.17) is 22.1 Å². The molecular formula is C14H14ClN3O2. The third kappa shape index (κ3) is 3.39. The average Bonchev–Trinajstić information content (AvgIpc) is 2.46. The number of nitrogens with one attached hydrogen (secondary N) is 1. The Labute approximate surface area is 121 Å². The molecule has 1 amide bonds. The van der Waals surface area contributed by atoms with Crippen LogP contribution in [0.25, 0.3) is 0 Å². The van der Waals surface area contributed by atoms with Crippen LogP contribution in [0.4, 0.5) is 5.69 Å². The molecule has 0 aliphatic heterocycles. The molecule has 0 bridgehead atoms. The van der Waals surface area contributed by atoms with Gasteiger partial charge in [0.1, 0.15) is 6.04 Å². The predicted octanol–water partition coefficient (Wildman–Crippen LogP) is 2.38. The van der Waals surface area contributed by atoms with Gasteiger partial charge in [0.2, 0.25) is 11.8 Å². The number of primary amides is 1. The molecular weight excluding hydrogens is 278 g/mol. The summed E-state index contributed by atoms with van der Waals surface area (Å²) in [5.41, 5.74) is 6.84. The molecule has 1 atom stereocenters. The van der Waals surface area contributed by atoms with Crippen molar-refractivity contribution in [3.8, 4) is 5.88 Å². The van der Waals surface area contributed by atoms with Gasteiger partial charge >= 0.3 is 0 Å². The molecule has 20 heavy (non-hydrogen) atoms. The summed E-state index contributed by atoms with van der Waals surface area (Å²) in [7, 11) is 1.53. The van der Waals surface area contributed by atoms with Gasteiger partial charge in [-0.2, -0.15) is 0 Å². The van der Waals surface area contributed by atoms with Gasteiger partial charge in [0.05, 0.1) is 7.11 Å². The Bertz CT molecular complexity index is 584. The standard InChI is InChI=1S/C14H14ClN3O2/c1-20-12-7-2-9(8-17-12)13(14(16)19)18-11-5-3-10(15)4-6-11/h2-8,13,18H,1H3,(H2,16,19). The fraction of sp³-hybridized carbons (Fsp3) is 0.143. The summed E-state index contributed by atoms with van der Waals surface area (Å²) in [5, 5.41) is 3.67. The second-order valence-corrected chi connectivity index (χ2v) is 4.56. The van der Waals surface area contributed by atoms with Crippen LogP contribution in [0.15, 0.2) is 42.6 Å². The average molecular weight is 292 g/mol. The zero-order valence-electron chi connectivity index (χ0n) is 10.8. The van der Waals surface area contributed by atoms with Crippen molar-refractivity contribution in [2.24, 2.45) is 5.73 Å². The second kappa shape index (κ2) is 6.25. The minimum atomic E-state index is -0.672. The number of ether oxygens (including phenoxy) is 1. The molecule has 104 valence electrons. The quantitative estimate of drug-likeness (QED) is 0.886. The zero-order chi connectivity index (χ0) is 14.5. The van der Waals surface area contributed by atoms with Gasteiger partial charge in [-0.15, -0.1) is 0 Å². The van der Waals surface area contributed by atoms with Crippen molar-refractivity contribution in [1.29, 1.82) is 0 Å². The molecule has 0 aliphatic carbocycles. The van der Waals surface area contributed by atoms with Gasteiger partial charge in [0.25, 0.3) is 0 Å². The lowest BCUT2D eigenvalue weighted by Crippen LogP contribution is -2.27. The molecule has 3 N–H and O–H groups in total. The number of rotatable bonds is 5. The van der Waals surface area contributed by atoms with Gasteiger partial charge in [-0.1, -0.05) is 11.6 Å². The SMILES string of the molecule is COc1ccc(C(Nc2ccc(Cl)cc2)C(N)=O)cn1. The van der Waals surface area contributed by atoms with Gasteiger partial charge in [0, 0.05) is 28.5 Å². The van der Waals surface area contributed by atoms with Crippen molar-refractivity contribution in [1.82, 2.24) is 4.98 Å². The van der Waals surface area contributed by atoms with Crippen molar-refractivity contribution in [2.75, 3.05) is 12.4 Å². The van der Waals surface area contributed by atoms with Gasteiger partial charge < -0.3 is 15.8 Å². The molecule has 1 aromatic heterocycles. The molecule has 1 aromatic carbocycles. The fourth-order valence-electron chi connectivity index (χ4n) is 1.71. The largest absolute Gasteiger partial charge is 0.481 e. The van der Waals surface area contributed by atoms with Gasteiger partial charge in [-0.3, -0.25) is 4.79 Å². The van der Waals surface area contributed by atoms with Crippen LogP contribution in [0.3, 0.4) is 0 Å². The molecule has 0 spiro atoms. The summed E-state index contributed by atoms with van der Waals surface area (Å²) in [5.74, 6) is -0.0182. The lowest BCUT2D eigenvalue weighted by Gasteiger charge is -2.17. The van der Waals surface area contributed by atoms with E-state index in [0.717, 1.165) is 5.69 Å². The van der Waals surface area contributed by atoms with Gasteiger partial charge in [-0.25, -0.2) is 4.98 Å². The monoisotopic (exact) mass is 291 g/mol. The molecule has 0 radical (unpaired) electrons. The predicted molar refractivity (Wildman–Crippen MR) is 77.8 cm³/mol. The number of nitrogens with zero attached hydrogens (tertiary/aromatic N) is 1. The van der Waals surface area contributed by atoms with Crippen LogP contribution in [-0.4, -0.2) is 18.0 Å². The van der Waals surface area contributed by atoms with E-state index < -0.39 is 11.9 Å². The maximum Gasteiger partial charge on any atom is 0.244 e. The number of carbonyl (C=O) groups excluding carboxylic acids is 1. The molecule has 0 saturated heterocycles. The highest BCUT2D eigenvalue weighted by Crippen LogP contribution is 2.21. The Morgan fingerprint density at radius 3 is 2.50 bits per heavy atom. The molecule has 2 aromatic rings. The van der Waals surface area contributed by atoms with Crippen LogP contribution in [0.5, 0.6) is 5.88 Å². The Morgan fingerprint density at radius 1 is 1.30 bits per heavy atom. The first kappa shape index (κ1) is 14.1. The number of hydrogen-bond donors (Lipinski definition) is 2. The first-order valence-electron chi connectivity index (χ1n) is 5.91. The molecule has 1 unspecified atom stereocenters. The topological polar surface area (TPSA) is 77.2 Å².